The number of anilines is 2. The van der Waals surface area contributed by atoms with Crippen molar-refractivity contribution in [2.75, 3.05) is 50.1 Å². The van der Waals surface area contributed by atoms with Crippen LogP contribution >= 0.6 is 0 Å². The topological polar surface area (TPSA) is 128 Å². The predicted octanol–water partition coefficient (Wildman–Crippen LogP) is 1.01. The second kappa shape index (κ2) is 12.7. The molecule has 150 valence electrons. The standard InChI is InChI=1S/C16H25N3O2.C2H2O4/c1-21-12-9-17-13-16(20)18-14-7-3-4-8-15(14)19-10-5-2-6-11-19;3-1(4)2(5)6/h3-4,7-8,17H,2,5-6,9-13H2,1H3,(H,18,20);(H,3,4)(H,5,6). The van der Waals surface area contributed by atoms with E-state index in [4.69, 9.17) is 24.5 Å². The average Bonchev–Trinajstić information content (AvgIpc) is 2.67. The number of carbonyl (C=O) groups excluding carboxylic acids is 1. The summed E-state index contributed by atoms with van der Waals surface area (Å²) in [6.45, 7) is 3.73. The number of carbonyl (C=O) groups is 3. The molecule has 2 rings (SSSR count). The van der Waals surface area contributed by atoms with Gasteiger partial charge in [0.05, 0.1) is 24.5 Å². The van der Waals surface area contributed by atoms with Gasteiger partial charge in [0.15, 0.2) is 0 Å². The van der Waals surface area contributed by atoms with Crippen LogP contribution in [0.3, 0.4) is 0 Å². The van der Waals surface area contributed by atoms with Crippen LogP contribution in [-0.2, 0) is 19.1 Å². The molecule has 9 heteroatoms. The zero-order valence-corrected chi connectivity index (χ0v) is 15.4. The van der Waals surface area contributed by atoms with E-state index in [0.717, 1.165) is 24.5 Å². The molecule has 1 aromatic rings. The molecule has 0 spiro atoms. The fraction of sp³-hybridized carbons (Fsp3) is 0.500. The Morgan fingerprint density at radius 3 is 2.30 bits per heavy atom. The molecule has 0 atom stereocenters. The molecule has 0 unspecified atom stereocenters. The molecule has 4 N–H and O–H groups in total. The third-order valence-electron chi connectivity index (χ3n) is 3.83. The van der Waals surface area contributed by atoms with E-state index in [1.807, 2.05) is 18.2 Å². The molecule has 0 aromatic heterocycles. The lowest BCUT2D eigenvalue weighted by molar-refractivity contribution is -0.159. The molecule has 1 amide bonds. The van der Waals surface area contributed by atoms with Gasteiger partial charge in [-0.25, -0.2) is 9.59 Å². The van der Waals surface area contributed by atoms with Crippen LogP contribution in [0.25, 0.3) is 0 Å². The van der Waals surface area contributed by atoms with Gasteiger partial charge in [-0.2, -0.15) is 0 Å². The Hall–Kier alpha value is -2.65. The molecule has 1 aliphatic heterocycles. The summed E-state index contributed by atoms with van der Waals surface area (Å²) in [5.41, 5.74) is 2.03. The normalized spacial score (nSPS) is 13.3. The maximum atomic E-state index is 12.0. The van der Waals surface area contributed by atoms with Crippen LogP contribution in [-0.4, -0.2) is 68.0 Å². The predicted molar refractivity (Wildman–Crippen MR) is 101 cm³/mol. The minimum absolute atomic E-state index is 0.0180. The first-order valence-electron chi connectivity index (χ1n) is 8.75. The Morgan fingerprint density at radius 2 is 1.70 bits per heavy atom. The summed E-state index contributed by atoms with van der Waals surface area (Å²) < 4.78 is 4.94. The highest BCUT2D eigenvalue weighted by molar-refractivity contribution is 6.27. The zero-order chi connectivity index (χ0) is 20.1. The highest BCUT2D eigenvalue weighted by atomic mass is 16.5. The highest BCUT2D eigenvalue weighted by Crippen LogP contribution is 2.28. The molecule has 1 aromatic carbocycles. The lowest BCUT2D eigenvalue weighted by atomic mass is 10.1. The van der Waals surface area contributed by atoms with Crippen LogP contribution in [0.4, 0.5) is 11.4 Å². The van der Waals surface area contributed by atoms with Crippen LogP contribution in [0.5, 0.6) is 0 Å². The zero-order valence-electron chi connectivity index (χ0n) is 15.4. The van der Waals surface area contributed by atoms with Crippen LogP contribution in [0.1, 0.15) is 19.3 Å². The van der Waals surface area contributed by atoms with Crippen molar-refractivity contribution in [2.24, 2.45) is 0 Å². The summed E-state index contributed by atoms with van der Waals surface area (Å²) in [5.74, 6) is -3.67. The number of amides is 1. The molecule has 1 fully saturated rings. The monoisotopic (exact) mass is 381 g/mol. The Kier molecular flexibility index (Phi) is 10.5. The van der Waals surface area contributed by atoms with E-state index in [1.165, 1.54) is 19.3 Å². The average molecular weight is 381 g/mol. The number of ether oxygens (including phenoxy) is 1. The summed E-state index contributed by atoms with van der Waals surface area (Å²) in [5, 5.41) is 20.8. The number of hydrogen-bond donors (Lipinski definition) is 4. The van der Waals surface area contributed by atoms with E-state index >= 15 is 0 Å². The number of rotatable bonds is 7. The second-order valence-corrected chi connectivity index (χ2v) is 5.89. The Balaban J connectivity index is 0.000000527. The van der Waals surface area contributed by atoms with E-state index in [0.29, 0.717) is 19.7 Å². The van der Waals surface area contributed by atoms with Crippen LogP contribution in [0.2, 0.25) is 0 Å². The first-order chi connectivity index (χ1) is 13.0. The van der Waals surface area contributed by atoms with Gasteiger partial charge in [-0.15, -0.1) is 0 Å². The number of aliphatic carboxylic acids is 2. The van der Waals surface area contributed by atoms with Crippen molar-refractivity contribution in [1.82, 2.24) is 5.32 Å². The molecule has 9 nitrogen and oxygen atoms in total. The lowest BCUT2D eigenvalue weighted by Crippen LogP contribution is -2.32. The van der Waals surface area contributed by atoms with Crippen LogP contribution in [0.15, 0.2) is 24.3 Å². The molecule has 1 saturated heterocycles. The van der Waals surface area contributed by atoms with Gasteiger partial charge in [0.1, 0.15) is 0 Å². The van der Waals surface area contributed by atoms with E-state index in [9.17, 15) is 4.79 Å². The first-order valence-corrected chi connectivity index (χ1v) is 8.75. The summed E-state index contributed by atoms with van der Waals surface area (Å²) in [6.07, 6.45) is 3.75. The molecule has 0 aliphatic carbocycles. The largest absolute Gasteiger partial charge is 0.473 e. The highest BCUT2D eigenvalue weighted by Gasteiger charge is 2.15. The Morgan fingerprint density at radius 1 is 1.07 bits per heavy atom. The number of carboxylic acids is 2. The molecular formula is C18H27N3O6. The van der Waals surface area contributed by atoms with E-state index in [2.05, 4.69) is 21.6 Å². The van der Waals surface area contributed by atoms with Crippen molar-refractivity contribution in [1.29, 1.82) is 0 Å². The van der Waals surface area contributed by atoms with Crippen LogP contribution < -0.4 is 15.5 Å². The van der Waals surface area contributed by atoms with Crippen molar-refractivity contribution >= 4 is 29.2 Å². The number of nitrogens with zero attached hydrogens (tertiary/aromatic N) is 1. The van der Waals surface area contributed by atoms with Crippen molar-refractivity contribution in [3.63, 3.8) is 0 Å². The van der Waals surface area contributed by atoms with Gasteiger partial charge in [-0.3, -0.25) is 4.79 Å². The van der Waals surface area contributed by atoms with Gasteiger partial charge in [-0.1, -0.05) is 12.1 Å². The van der Waals surface area contributed by atoms with Gasteiger partial charge in [0.2, 0.25) is 5.91 Å². The van der Waals surface area contributed by atoms with Crippen LogP contribution in [0, 0.1) is 0 Å². The number of piperidine rings is 1. The minimum Gasteiger partial charge on any atom is -0.473 e. The molecule has 0 radical (unpaired) electrons. The Bertz CT molecular complexity index is 605. The molecule has 0 bridgehead atoms. The van der Waals surface area contributed by atoms with Gasteiger partial charge in [-0.05, 0) is 31.4 Å². The smallest absolute Gasteiger partial charge is 0.414 e. The summed E-state index contributed by atoms with van der Waals surface area (Å²) >= 11 is 0. The fourth-order valence-corrected chi connectivity index (χ4v) is 2.56. The molecule has 1 aliphatic rings. The number of nitrogens with one attached hydrogen (secondary N) is 2. The van der Waals surface area contributed by atoms with Gasteiger partial charge in [0, 0.05) is 26.7 Å². The Labute approximate surface area is 158 Å². The quantitative estimate of drug-likeness (QED) is 0.407. The van der Waals surface area contributed by atoms with E-state index in [-0.39, 0.29) is 5.91 Å². The number of para-hydroxylation sites is 2. The maximum Gasteiger partial charge on any atom is 0.414 e. The van der Waals surface area contributed by atoms with Gasteiger partial charge < -0.3 is 30.5 Å². The number of methoxy groups -OCH3 is 1. The molecule has 27 heavy (non-hydrogen) atoms. The van der Waals surface area contributed by atoms with Crippen molar-refractivity contribution in [3.8, 4) is 0 Å². The molecule has 1 heterocycles. The first kappa shape index (κ1) is 22.4. The maximum absolute atomic E-state index is 12.0. The summed E-state index contributed by atoms with van der Waals surface area (Å²) in [4.78, 5) is 32.5. The summed E-state index contributed by atoms with van der Waals surface area (Å²) in [6, 6.07) is 8.04. The van der Waals surface area contributed by atoms with Crippen molar-refractivity contribution in [2.45, 2.75) is 19.3 Å². The third kappa shape index (κ3) is 9.02. The minimum atomic E-state index is -1.82. The number of benzene rings is 1. The van der Waals surface area contributed by atoms with E-state index in [1.54, 1.807) is 7.11 Å². The fourth-order valence-electron chi connectivity index (χ4n) is 2.56. The third-order valence-corrected chi connectivity index (χ3v) is 3.83. The SMILES string of the molecule is COCCNCC(=O)Nc1ccccc1N1CCCCC1.O=C(O)C(=O)O. The van der Waals surface area contributed by atoms with E-state index < -0.39 is 11.9 Å². The van der Waals surface area contributed by atoms with Crippen molar-refractivity contribution in [3.05, 3.63) is 24.3 Å². The molecule has 0 saturated carbocycles. The summed E-state index contributed by atoms with van der Waals surface area (Å²) in [7, 11) is 1.65. The lowest BCUT2D eigenvalue weighted by Gasteiger charge is -2.30. The number of carboxylic acid groups (broad SMARTS) is 2. The molecular weight excluding hydrogens is 354 g/mol. The second-order valence-electron chi connectivity index (χ2n) is 5.89. The number of hydrogen-bond acceptors (Lipinski definition) is 6. The van der Waals surface area contributed by atoms with Gasteiger partial charge >= 0.3 is 11.9 Å². The van der Waals surface area contributed by atoms with Gasteiger partial charge in [0.25, 0.3) is 0 Å². The van der Waals surface area contributed by atoms with Crippen molar-refractivity contribution < 1.29 is 29.3 Å².